The van der Waals surface area contributed by atoms with Gasteiger partial charge in [-0.25, -0.2) is 8.78 Å². The fourth-order valence-electron chi connectivity index (χ4n) is 2.73. The number of carbonyl (C=O) groups is 1. The second-order valence-corrected chi connectivity index (χ2v) is 6.17. The number of carbonyl (C=O) groups excluding carboxylic acids is 1. The van der Waals surface area contributed by atoms with Crippen molar-refractivity contribution >= 4 is 34.6 Å². The predicted octanol–water partition coefficient (Wildman–Crippen LogP) is 3.51. The zero-order valence-corrected chi connectivity index (χ0v) is 14.7. The number of nitrogens with zero attached hydrogens (tertiary/aromatic N) is 1. The molecular formula is C18H18ClF2N3O2. The summed E-state index contributed by atoms with van der Waals surface area (Å²) >= 11 is 6.33. The molecule has 0 aliphatic carbocycles. The number of para-hydroxylation sites is 1. The van der Waals surface area contributed by atoms with Crippen LogP contribution in [0, 0.1) is 11.6 Å². The summed E-state index contributed by atoms with van der Waals surface area (Å²) < 4.78 is 32.2. The molecular weight excluding hydrogens is 364 g/mol. The van der Waals surface area contributed by atoms with Gasteiger partial charge in [0.15, 0.2) is 0 Å². The highest BCUT2D eigenvalue weighted by Crippen LogP contribution is 2.34. The Morgan fingerprint density at radius 2 is 1.92 bits per heavy atom. The van der Waals surface area contributed by atoms with Crippen LogP contribution in [0.4, 0.5) is 25.8 Å². The maximum atomic E-state index is 13.6. The second-order valence-electron chi connectivity index (χ2n) is 5.76. The Kier molecular flexibility index (Phi) is 5.90. The molecule has 0 unspecified atom stereocenters. The molecule has 2 N–H and O–H groups in total. The van der Waals surface area contributed by atoms with Gasteiger partial charge in [-0.05, 0) is 24.3 Å². The van der Waals surface area contributed by atoms with Gasteiger partial charge in [0.25, 0.3) is 0 Å². The number of anilines is 3. The minimum Gasteiger partial charge on any atom is -0.378 e. The molecule has 2 aromatic carbocycles. The zero-order valence-electron chi connectivity index (χ0n) is 13.9. The smallest absolute Gasteiger partial charge is 0.243 e. The fourth-order valence-corrected chi connectivity index (χ4v) is 3.02. The summed E-state index contributed by atoms with van der Waals surface area (Å²) in [5, 5.41) is 5.93. The third-order valence-electron chi connectivity index (χ3n) is 3.96. The summed E-state index contributed by atoms with van der Waals surface area (Å²) in [6.07, 6.45) is 0. The Hall–Kier alpha value is -2.38. The number of rotatable bonds is 5. The summed E-state index contributed by atoms with van der Waals surface area (Å²) in [5.74, 6) is -1.82. The van der Waals surface area contributed by atoms with Crippen LogP contribution >= 0.6 is 11.6 Å². The Morgan fingerprint density at radius 3 is 2.69 bits per heavy atom. The lowest BCUT2D eigenvalue weighted by Gasteiger charge is -2.31. The van der Waals surface area contributed by atoms with E-state index >= 15 is 0 Å². The van der Waals surface area contributed by atoms with Crippen molar-refractivity contribution in [3.05, 3.63) is 53.1 Å². The number of ether oxygens (including phenoxy) is 1. The maximum absolute atomic E-state index is 13.6. The average Bonchev–Trinajstić information content (AvgIpc) is 2.64. The molecule has 0 aromatic heterocycles. The van der Waals surface area contributed by atoms with Gasteiger partial charge in [-0.1, -0.05) is 17.7 Å². The second kappa shape index (κ2) is 8.33. The molecule has 26 heavy (non-hydrogen) atoms. The highest BCUT2D eigenvalue weighted by molar-refractivity contribution is 6.34. The molecule has 0 spiro atoms. The van der Waals surface area contributed by atoms with E-state index < -0.39 is 17.5 Å². The van der Waals surface area contributed by atoms with Gasteiger partial charge in [-0.2, -0.15) is 0 Å². The Bertz CT molecular complexity index is 798. The lowest BCUT2D eigenvalue weighted by atomic mass is 10.2. The van der Waals surface area contributed by atoms with Crippen LogP contribution < -0.4 is 15.5 Å². The normalized spacial score (nSPS) is 14.2. The molecule has 1 saturated heterocycles. The number of halogens is 3. The van der Waals surface area contributed by atoms with Crippen molar-refractivity contribution in [2.24, 2.45) is 0 Å². The minimum atomic E-state index is -0.698. The first-order valence-corrected chi connectivity index (χ1v) is 8.52. The third kappa shape index (κ3) is 4.42. The van der Waals surface area contributed by atoms with Crippen molar-refractivity contribution < 1.29 is 18.3 Å². The average molecular weight is 382 g/mol. The first-order chi connectivity index (χ1) is 12.5. The summed E-state index contributed by atoms with van der Waals surface area (Å²) in [7, 11) is 0. The van der Waals surface area contributed by atoms with Crippen molar-refractivity contribution in [2.75, 3.05) is 48.4 Å². The predicted molar refractivity (Wildman–Crippen MR) is 98.0 cm³/mol. The van der Waals surface area contributed by atoms with Crippen molar-refractivity contribution in [3.8, 4) is 0 Å². The lowest BCUT2D eigenvalue weighted by molar-refractivity contribution is -0.114. The highest BCUT2D eigenvalue weighted by atomic mass is 35.5. The Morgan fingerprint density at radius 1 is 1.15 bits per heavy atom. The number of amides is 1. The maximum Gasteiger partial charge on any atom is 0.243 e. The SMILES string of the molecule is O=C(CNc1cccc(Cl)c1N1CCOCC1)Nc1cc(F)ccc1F. The van der Waals surface area contributed by atoms with E-state index in [4.69, 9.17) is 16.3 Å². The number of nitrogens with one attached hydrogen (secondary N) is 2. The van der Waals surface area contributed by atoms with Gasteiger partial charge >= 0.3 is 0 Å². The van der Waals surface area contributed by atoms with Crippen molar-refractivity contribution in [3.63, 3.8) is 0 Å². The molecule has 0 atom stereocenters. The molecule has 138 valence electrons. The highest BCUT2D eigenvalue weighted by Gasteiger charge is 2.18. The minimum absolute atomic E-state index is 0.117. The van der Waals surface area contributed by atoms with E-state index in [9.17, 15) is 13.6 Å². The quantitative estimate of drug-likeness (QED) is 0.832. The third-order valence-corrected chi connectivity index (χ3v) is 4.26. The van der Waals surface area contributed by atoms with Crippen LogP contribution in [0.3, 0.4) is 0 Å². The Labute approximate surface area is 154 Å². The molecule has 1 fully saturated rings. The van der Waals surface area contributed by atoms with E-state index in [2.05, 4.69) is 15.5 Å². The number of morpholine rings is 1. The van der Waals surface area contributed by atoms with Crippen LogP contribution in [-0.2, 0) is 9.53 Å². The van der Waals surface area contributed by atoms with Crippen LogP contribution in [0.5, 0.6) is 0 Å². The van der Waals surface area contributed by atoms with Crippen LogP contribution in [0.1, 0.15) is 0 Å². The summed E-state index contributed by atoms with van der Waals surface area (Å²) in [6, 6.07) is 8.26. The van der Waals surface area contributed by atoms with Gasteiger partial charge in [0.1, 0.15) is 11.6 Å². The molecule has 3 rings (SSSR count). The molecule has 1 heterocycles. The van der Waals surface area contributed by atoms with Crippen molar-refractivity contribution in [1.29, 1.82) is 0 Å². The van der Waals surface area contributed by atoms with E-state index in [1.807, 2.05) is 6.07 Å². The van der Waals surface area contributed by atoms with Crippen LogP contribution in [0.25, 0.3) is 0 Å². The molecule has 0 saturated carbocycles. The molecule has 0 radical (unpaired) electrons. The van der Waals surface area contributed by atoms with E-state index in [1.54, 1.807) is 12.1 Å². The van der Waals surface area contributed by atoms with E-state index in [0.717, 1.165) is 23.9 Å². The zero-order chi connectivity index (χ0) is 18.5. The largest absolute Gasteiger partial charge is 0.378 e. The molecule has 5 nitrogen and oxygen atoms in total. The van der Waals surface area contributed by atoms with Crippen molar-refractivity contribution in [1.82, 2.24) is 0 Å². The lowest BCUT2D eigenvalue weighted by Crippen LogP contribution is -2.37. The topological polar surface area (TPSA) is 53.6 Å². The molecule has 1 aliphatic rings. The standard InChI is InChI=1S/C18H18ClF2N3O2/c19-13-2-1-3-15(18(13)24-6-8-26-9-7-24)22-11-17(25)23-16-10-12(20)4-5-14(16)21/h1-5,10,22H,6-9,11H2,(H,23,25). The summed E-state index contributed by atoms with van der Waals surface area (Å²) in [6.45, 7) is 2.47. The molecule has 2 aromatic rings. The van der Waals surface area contributed by atoms with Gasteiger partial charge in [-0.15, -0.1) is 0 Å². The Balaban J connectivity index is 1.68. The van der Waals surface area contributed by atoms with Crippen LogP contribution in [-0.4, -0.2) is 38.8 Å². The molecule has 0 bridgehead atoms. The van der Waals surface area contributed by atoms with E-state index in [1.165, 1.54) is 0 Å². The van der Waals surface area contributed by atoms with E-state index in [0.29, 0.717) is 37.0 Å². The van der Waals surface area contributed by atoms with Gasteiger partial charge in [0.2, 0.25) is 5.91 Å². The van der Waals surface area contributed by atoms with Gasteiger partial charge in [0, 0.05) is 19.2 Å². The summed E-state index contributed by atoms with van der Waals surface area (Å²) in [5.41, 5.74) is 1.28. The monoisotopic (exact) mass is 381 g/mol. The van der Waals surface area contributed by atoms with Crippen LogP contribution in [0.15, 0.2) is 36.4 Å². The first-order valence-electron chi connectivity index (χ1n) is 8.14. The van der Waals surface area contributed by atoms with Gasteiger partial charge in [0.05, 0.1) is 41.8 Å². The molecule has 8 heteroatoms. The number of hydrogen-bond acceptors (Lipinski definition) is 4. The molecule has 1 amide bonds. The number of benzene rings is 2. The van der Waals surface area contributed by atoms with E-state index in [-0.39, 0.29) is 12.2 Å². The number of hydrogen-bond donors (Lipinski definition) is 2. The van der Waals surface area contributed by atoms with Gasteiger partial charge in [-0.3, -0.25) is 4.79 Å². The molecule has 1 aliphatic heterocycles. The summed E-state index contributed by atoms with van der Waals surface area (Å²) in [4.78, 5) is 14.2. The van der Waals surface area contributed by atoms with Gasteiger partial charge < -0.3 is 20.3 Å². The van der Waals surface area contributed by atoms with Crippen molar-refractivity contribution in [2.45, 2.75) is 0 Å². The fraction of sp³-hybridized carbons (Fsp3) is 0.278. The van der Waals surface area contributed by atoms with Crippen LogP contribution in [0.2, 0.25) is 5.02 Å². The first kappa shape index (κ1) is 18.4.